The predicted molar refractivity (Wildman–Crippen MR) is 130 cm³/mol. The number of nitrogens with one attached hydrogen (secondary N) is 1. The van der Waals surface area contributed by atoms with Crippen LogP contribution in [-0.2, 0) is 9.59 Å². The highest BCUT2D eigenvalue weighted by molar-refractivity contribution is 6.35. The van der Waals surface area contributed by atoms with E-state index in [-0.39, 0.29) is 10.7 Å². The number of azo groups is 1. The van der Waals surface area contributed by atoms with Crippen LogP contribution in [0.25, 0.3) is 0 Å². The molecule has 0 bridgehead atoms. The Bertz CT molecular complexity index is 1030. The van der Waals surface area contributed by atoms with Crippen molar-refractivity contribution in [2.75, 3.05) is 31.7 Å². The molecule has 0 radical (unpaired) electrons. The van der Waals surface area contributed by atoms with Gasteiger partial charge in [0, 0.05) is 18.2 Å². The third-order valence-electron chi connectivity index (χ3n) is 4.33. The lowest BCUT2D eigenvalue weighted by Gasteiger charge is -2.15. The molecule has 1 amide bonds. The largest absolute Gasteiger partial charge is 0.494 e. The highest BCUT2D eigenvalue weighted by atomic mass is 35.5. The number of carbonyl (C=O) groups is 2. The Morgan fingerprint density at radius 2 is 1.50 bits per heavy atom. The number of carbonyl (C=O) groups excluding carboxylic acids is 2. The Hall–Kier alpha value is -3.33. The lowest BCUT2D eigenvalue weighted by atomic mass is 10.2. The molecular formula is C24H30ClN3O6. The molecule has 0 aliphatic carbocycles. The van der Waals surface area contributed by atoms with E-state index >= 15 is 0 Å². The molecule has 1 N–H and O–H groups in total. The second kappa shape index (κ2) is 13.4. The smallest absolute Gasteiger partial charge is 0.258 e. The molecule has 0 aliphatic heterocycles. The van der Waals surface area contributed by atoms with E-state index in [0.717, 1.165) is 0 Å². The van der Waals surface area contributed by atoms with E-state index in [1.807, 2.05) is 27.7 Å². The van der Waals surface area contributed by atoms with Crippen LogP contribution in [0.1, 0.15) is 34.6 Å². The van der Waals surface area contributed by atoms with E-state index in [1.165, 1.54) is 6.92 Å². The molecule has 0 aliphatic rings. The zero-order valence-electron chi connectivity index (χ0n) is 20.0. The second-order valence-electron chi connectivity index (χ2n) is 6.86. The minimum absolute atomic E-state index is 0.186. The molecule has 2 aromatic rings. The standard InChI is InChI=1S/C24H30ClN3O6/c1-6-31-17-13-18(22(25)21(14-17)34-9-4)26-24(30)23(15(5)29)28-27-16-10-11-19(32-7-2)20(12-16)33-8-3/h10-14,23H,6-9H2,1-5H3,(H,26,30). The second-order valence-corrected chi connectivity index (χ2v) is 7.24. The maximum Gasteiger partial charge on any atom is 0.258 e. The number of Topliss-reactive ketones (excluding diaryl/α,β-unsaturated/α-hetero) is 1. The molecular weight excluding hydrogens is 462 g/mol. The van der Waals surface area contributed by atoms with Gasteiger partial charge in [0.05, 0.1) is 37.8 Å². The van der Waals surface area contributed by atoms with Crippen LogP contribution in [0.15, 0.2) is 40.6 Å². The Balaban J connectivity index is 2.29. The van der Waals surface area contributed by atoms with Gasteiger partial charge in [-0.2, -0.15) is 10.2 Å². The van der Waals surface area contributed by atoms with Gasteiger partial charge >= 0.3 is 0 Å². The zero-order valence-corrected chi connectivity index (χ0v) is 20.8. The highest BCUT2D eigenvalue weighted by Gasteiger charge is 2.25. The average molecular weight is 492 g/mol. The first kappa shape index (κ1) is 26.9. The molecule has 0 saturated carbocycles. The Kier molecular flexibility index (Phi) is 10.6. The van der Waals surface area contributed by atoms with E-state index in [1.54, 1.807) is 30.3 Å². The number of ether oxygens (including phenoxy) is 4. The van der Waals surface area contributed by atoms with Gasteiger partial charge < -0.3 is 24.3 Å². The topological polar surface area (TPSA) is 108 Å². The van der Waals surface area contributed by atoms with E-state index in [0.29, 0.717) is 55.1 Å². The van der Waals surface area contributed by atoms with Crippen molar-refractivity contribution >= 4 is 34.7 Å². The third-order valence-corrected chi connectivity index (χ3v) is 4.72. The van der Waals surface area contributed by atoms with E-state index in [2.05, 4.69) is 15.5 Å². The summed E-state index contributed by atoms with van der Waals surface area (Å²) in [7, 11) is 0. The van der Waals surface area contributed by atoms with Crippen LogP contribution in [0.3, 0.4) is 0 Å². The minimum Gasteiger partial charge on any atom is -0.494 e. The summed E-state index contributed by atoms with van der Waals surface area (Å²) in [6.07, 6.45) is 0. The number of hydrogen-bond donors (Lipinski definition) is 1. The summed E-state index contributed by atoms with van der Waals surface area (Å²) in [5, 5.41) is 10.9. The van der Waals surface area contributed by atoms with Crippen LogP contribution in [0.2, 0.25) is 5.02 Å². The summed E-state index contributed by atoms with van der Waals surface area (Å²) in [5.41, 5.74) is 0.642. The van der Waals surface area contributed by atoms with Gasteiger partial charge in [0.2, 0.25) is 6.04 Å². The fourth-order valence-electron chi connectivity index (χ4n) is 2.92. The van der Waals surface area contributed by atoms with Crippen LogP contribution >= 0.6 is 11.6 Å². The number of hydrogen-bond acceptors (Lipinski definition) is 8. The van der Waals surface area contributed by atoms with Crippen molar-refractivity contribution in [3.05, 3.63) is 35.4 Å². The summed E-state index contributed by atoms with van der Waals surface area (Å²) < 4.78 is 22.1. The van der Waals surface area contributed by atoms with Crippen molar-refractivity contribution in [1.29, 1.82) is 0 Å². The molecule has 0 aromatic heterocycles. The molecule has 0 spiro atoms. The highest BCUT2D eigenvalue weighted by Crippen LogP contribution is 2.37. The molecule has 9 nitrogen and oxygen atoms in total. The molecule has 184 valence electrons. The number of anilines is 1. The maximum atomic E-state index is 12.9. The quantitative estimate of drug-likeness (QED) is 0.288. The lowest BCUT2D eigenvalue weighted by molar-refractivity contribution is -0.126. The van der Waals surface area contributed by atoms with Crippen LogP contribution in [0.5, 0.6) is 23.0 Å². The number of ketones is 1. The number of nitrogens with zero attached hydrogens (tertiary/aromatic N) is 2. The van der Waals surface area contributed by atoms with Gasteiger partial charge in [-0.1, -0.05) is 11.6 Å². The molecule has 2 rings (SSSR count). The monoisotopic (exact) mass is 491 g/mol. The summed E-state index contributed by atoms with van der Waals surface area (Å²) in [4.78, 5) is 25.1. The Morgan fingerprint density at radius 3 is 2.12 bits per heavy atom. The SMILES string of the molecule is CCOc1cc(NC(=O)C(N=Nc2ccc(OCC)c(OCC)c2)C(C)=O)c(Cl)c(OCC)c1. The van der Waals surface area contributed by atoms with Crippen molar-refractivity contribution in [2.24, 2.45) is 10.2 Å². The van der Waals surface area contributed by atoms with Crippen molar-refractivity contribution in [2.45, 2.75) is 40.7 Å². The summed E-state index contributed by atoms with van der Waals surface area (Å²) in [6, 6.07) is 6.79. The van der Waals surface area contributed by atoms with Crippen LogP contribution in [-0.4, -0.2) is 44.2 Å². The van der Waals surface area contributed by atoms with Crippen molar-refractivity contribution in [3.8, 4) is 23.0 Å². The zero-order chi connectivity index (χ0) is 25.1. The van der Waals surface area contributed by atoms with E-state index < -0.39 is 17.7 Å². The van der Waals surface area contributed by atoms with Crippen LogP contribution < -0.4 is 24.3 Å². The normalized spacial score (nSPS) is 11.7. The number of benzene rings is 2. The van der Waals surface area contributed by atoms with Crippen LogP contribution in [0.4, 0.5) is 11.4 Å². The minimum atomic E-state index is -1.38. The molecule has 34 heavy (non-hydrogen) atoms. The summed E-state index contributed by atoms with van der Waals surface area (Å²) >= 11 is 6.39. The average Bonchev–Trinajstić information content (AvgIpc) is 2.79. The molecule has 2 aromatic carbocycles. The maximum absolute atomic E-state index is 12.9. The molecule has 0 saturated heterocycles. The van der Waals surface area contributed by atoms with Crippen molar-refractivity contribution in [3.63, 3.8) is 0 Å². The van der Waals surface area contributed by atoms with Gasteiger partial charge in [-0.25, -0.2) is 0 Å². The Labute approximate surface area is 204 Å². The van der Waals surface area contributed by atoms with Gasteiger partial charge in [-0.15, -0.1) is 0 Å². The summed E-state index contributed by atoms with van der Waals surface area (Å²) in [6.45, 7) is 10.3. The Morgan fingerprint density at radius 1 is 0.882 bits per heavy atom. The van der Waals surface area contributed by atoms with Crippen LogP contribution in [0, 0.1) is 0 Å². The van der Waals surface area contributed by atoms with Gasteiger partial charge in [-0.3, -0.25) is 9.59 Å². The van der Waals surface area contributed by atoms with E-state index in [4.69, 9.17) is 30.5 Å². The molecule has 10 heteroatoms. The molecule has 0 fully saturated rings. The fraction of sp³-hybridized carbons (Fsp3) is 0.417. The fourth-order valence-corrected chi connectivity index (χ4v) is 3.13. The number of rotatable bonds is 13. The van der Waals surface area contributed by atoms with E-state index in [9.17, 15) is 9.59 Å². The van der Waals surface area contributed by atoms with Gasteiger partial charge in [0.1, 0.15) is 16.5 Å². The van der Waals surface area contributed by atoms with Gasteiger partial charge in [-0.05, 0) is 46.8 Å². The molecule has 1 atom stereocenters. The predicted octanol–water partition coefficient (Wildman–Crippen LogP) is 5.61. The van der Waals surface area contributed by atoms with Crippen molar-refractivity contribution < 1.29 is 28.5 Å². The summed E-state index contributed by atoms with van der Waals surface area (Å²) in [5.74, 6) is 0.698. The van der Waals surface area contributed by atoms with Gasteiger partial charge in [0.15, 0.2) is 17.3 Å². The first-order chi connectivity index (χ1) is 16.3. The first-order valence-corrected chi connectivity index (χ1v) is 11.4. The first-order valence-electron chi connectivity index (χ1n) is 11.0. The third kappa shape index (κ3) is 7.34. The van der Waals surface area contributed by atoms with Gasteiger partial charge in [0.25, 0.3) is 5.91 Å². The lowest BCUT2D eigenvalue weighted by Crippen LogP contribution is -2.32. The number of amides is 1. The number of halogens is 1. The van der Waals surface area contributed by atoms with Crippen molar-refractivity contribution in [1.82, 2.24) is 0 Å². The molecule has 1 unspecified atom stereocenters. The molecule has 0 heterocycles.